The van der Waals surface area contributed by atoms with Gasteiger partial charge in [-0.15, -0.1) is 0 Å². The second-order valence-electron chi connectivity index (χ2n) is 8.17. The van der Waals surface area contributed by atoms with Gasteiger partial charge in [0.25, 0.3) is 0 Å². The van der Waals surface area contributed by atoms with Crippen LogP contribution in [0.3, 0.4) is 0 Å². The predicted octanol–water partition coefficient (Wildman–Crippen LogP) is 4.77. The van der Waals surface area contributed by atoms with E-state index in [1.165, 1.54) is 16.7 Å². The summed E-state index contributed by atoms with van der Waals surface area (Å²) in [6, 6.07) is 19.0. The lowest BCUT2D eigenvalue weighted by molar-refractivity contribution is -0.0265. The quantitative estimate of drug-likeness (QED) is 0.449. The fourth-order valence-corrected chi connectivity index (χ4v) is 4.20. The smallest absolute Gasteiger partial charge is 0.191 e. The van der Waals surface area contributed by atoms with Gasteiger partial charge in [-0.05, 0) is 49.9 Å². The first-order valence-corrected chi connectivity index (χ1v) is 11.3. The number of aromatic nitrogens is 1. The molecule has 1 aliphatic heterocycles. The molecule has 4 rings (SSSR count). The van der Waals surface area contributed by atoms with Crippen LogP contribution in [0.4, 0.5) is 0 Å². The molecule has 5 heteroatoms. The maximum absolute atomic E-state index is 6.18. The highest BCUT2D eigenvalue weighted by Crippen LogP contribution is 2.33. The lowest BCUT2D eigenvalue weighted by Gasteiger charge is -2.32. The molecule has 2 N–H and O–H groups in total. The van der Waals surface area contributed by atoms with E-state index in [2.05, 4.69) is 71.9 Å². The number of guanidine groups is 1. The molecule has 5 nitrogen and oxygen atoms in total. The van der Waals surface area contributed by atoms with Crippen LogP contribution in [0.15, 0.2) is 65.8 Å². The third kappa shape index (κ3) is 5.42. The van der Waals surface area contributed by atoms with Gasteiger partial charge in [0.1, 0.15) is 0 Å². The minimum Gasteiger partial charge on any atom is -0.373 e. The summed E-state index contributed by atoms with van der Waals surface area (Å²) in [5.41, 5.74) is 4.73. The van der Waals surface area contributed by atoms with E-state index in [0.29, 0.717) is 12.5 Å². The molecule has 1 aromatic heterocycles. The summed E-state index contributed by atoms with van der Waals surface area (Å²) in [4.78, 5) is 9.31. The van der Waals surface area contributed by atoms with Crippen LogP contribution in [0, 0.1) is 12.8 Å². The number of benzene rings is 2. The molecule has 0 spiro atoms. The van der Waals surface area contributed by atoms with Gasteiger partial charge in [0.05, 0.1) is 18.2 Å². The van der Waals surface area contributed by atoms with Gasteiger partial charge in [0, 0.05) is 37.2 Å². The van der Waals surface area contributed by atoms with E-state index < -0.39 is 0 Å². The normalized spacial score (nSPS) is 19.4. The first kappa shape index (κ1) is 21.3. The minimum absolute atomic E-state index is 0.133. The fraction of sp³-hybridized carbons (Fsp3) is 0.385. The molecule has 0 radical (unpaired) electrons. The molecule has 2 atom stereocenters. The maximum atomic E-state index is 6.18. The zero-order chi connectivity index (χ0) is 21.5. The van der Waals surface area contributed by atoms with Gasteiger partial charge in [-0.25, -0.2) is 4.99 Å². The van der Waals surface area contributed by atoms with E-state index in [1.54, 1.807) is 0 Å². The zero-order valence-corrected chi connectivity index (χ0v) is 18.5. The van der Waals surface area contributed by atoms with Gasteiger partial charge in [-0.1, -0.05) is 48.0 Å². The standard InChI is InChI=1S/C26H32N4O/c1-3-27-26(29-17-21-14-15-28-24-9-5-4-8-23(21)24)30-18-22-7-6-16-31-25(22)20-12-10-19(2)11-13-20/h4-5,8-15,22,25H,3,6-7,16-18H2,1-2H3,(H2,27,29,30). The molecule has 2 unspecified atom stereocenters. The van der Waals surface area contributed by atoms with Crippen LogP contribution in [0.25, 0.3) is 10.9 Å². The molecule has 3 aromatic rings. The van der Waals surface area contributed by atoms with Crippen LogP contribution < -0.4 is 10.6 Å². The Balaban J connectivity index is 1.45. The molecule has 0 aliphatic carbocycles. The Kier molecular flexibility index (Phi) is 7.15. The van der Waals surface area contributed by atoms with Crippen molar-refractivity contribution in [3.05, 3.63) is 77.5 Å². The average Bonchev–Trinajstić information content (AvgIpc) is 2.81. The van der Waals surface area contributed by atoms with E-state index in [1.807, 2.05) is 18.3 Å². The maximum Gasteiger partial charge on any atom is 0.191 e. The number of pyridine rings is 1. The fourth-order valence-electron chi connectivity index (χ4n) is 4.20. The molecule has 162 valence electrons. The summed E-state index contributed by atoms with van der Waals surface area (Å²) in [7, 11) is 0. The number of hydrogen-bond acceptors (Lipinski definition) is 3. The first-order valence-electron chi connectivity index (χ1n) is 11.3. The summed E-state index contributed by atoms with van der Waals surface area (Å²) >= 11 is 0. The van der Waals surface area contributed by atoms with Crippen molar-refractivity contribution in [3.63, 3.8) is 0 Å². The van der Waals surface area contributed by atoms with Crippen molar-refractivity contribution in [1.29, 1.82) is 0 Å². The highest BCUT2D eigenvalue weighted by Gasteiger charge is 2.27. The lowest BCUT2D eigenvalue weighted by Crippen LogP contribution is -2.42. The van der Waals surface area contributed by atoms with E-state index >= 15 is 0 Å². The SMILES string of the molecule is CCNC(=NCc1ccnc2ccccc12)NCC1CCCOC1c1ccc(C)cc1. The van der Waals surface area contributed by atoms with Gasteiger partial charge in [-0.3, -0.25) is 4.98 Å². The zero-order valence-electron chi connectivity index (χ0n) is 18.5. The topological polar surface area (TPSA) is 58.5 Å². The lowest BCUT2D eigenvalue weighted by atomic mass is 9.89. The Bertz CT molecular complexity index is 1010. The molecule has 1 saturated heterocycles. The van der Waals surface area contributed by atoms with Crippen LogP contribution in [0.1, 0.15) is 42.6 Å². The van der Waals surface area contributed by atoms with Crippen LogP contribution in [-0.2, 0) is 11.3 Å². The molecule has 2 heterocycles. The van der Waals surface area contributed by atoms with Crippen molar-refractivity contribution in [3.8, 4) is 0 Å². The summed E-state index contributed by atoms with van der Waals surface area (Å²) in [5, 5.41) is 8.11. The van der Waals surface area contributed by atoms with E-state index in [4.69, 9.17) is 9.73 Å². The molecule has 1 aliphatic rings. The highest BCUT2D eigenvalue weighted by atomic mass is 16.5. The number of nitrogens with zero attached hydrogens (tertiary/aromatic N) is 2. The first-order chi connectivity index (χ1) is 15.2. The number of aryl methyl sites for hydroxylation is 1. The minimum atomic E-state index is 0.133. The number of hydrogen-bond donors (Lipinski definition) is 2. The van der Waals surface area contributed by atoms with E-state index in [-0.39, 0.29) is 6.10 Å². The number of nitrogens with one attached hydrogen (secondary N) is 2. The van der Waals surface area contributed by atoms with Crippen LogP contribution >= 0.6 is 0 Å². The molecule has 2 aromatic carbocycles. The second-order valence-corrected chi connectivity index (χ2v) is 8.17. The van der Waals surface area contributed by atoms with Gasteiger partial charge >= 0.3 is 0 Å². The number of fused-ring (bicyclic) bond motifs is 1. The van der Waals surface area contributed by atoms with Crippen molar-refractivity contribution in [2.45, 2.75) is 39.3 Å². The van der Waals surface area contributed by atoms with Crippen molar-refractivity contribution in [1.82, 2.24) is 15.6 Å². The monoisotopic (exact) mass is 416 g/mol. The molecule has 0 saturated carbocycles. The Morgan fingerprint density at radius 1 is 1.10 bits per heavy atom. The number of ether oxygens (including phenoxy) is 1. The van der Waals surface area contributed by atoms with Crippen molar-refractivity contribution in [2.75, 3.05) is 19.7 Å². The van der Waals surface area contributed by atoms with Crippen molar-refractivity contribution >= 4 is 16.9 Å². The van der Waals surface area contributed by atoms with E-state index in [0.717, 1.165) is 49.4 Å². The molecule has 1 fully saturated rings. The molecule has 0 bridgehead atoms. The van der Waals surface area contributed by atoms with Gasteiger partial charge < -0.3 is 15.4 Å². The number of rotatable bonds is 6. The Morgan fingerprint density at radius 3 is 2.77 bits per heavy atom. The van der Waals surface area contributed by atoms with Gasteiger partial charge in [0.15, 0.2) is 5.96 Å². The summed E-state index contributed by atoms with van der Waals surface area (Å²) in [5.74, 6) is 1.26. The molecular formula is C26H32N4O. The van der Waals surface area contributed by atoms with Crippen molar-refractivity contribution in [2.24, 2.45) is 10.9 Å². The number of para-hydroxylation sites is 1. The summed E-state index contributed by atoms with van der Waals surface area (Å²) in [6.45, 7) is 7.32. The number of aliphatic imine (C=N–C) groups is 1. The summed E-state index contributed by atoms with van der Waals surface area (Å²) < 4.78 is 6.18. The van der Waals surface area contributed by atoms with Crippen LogP contribution in [0.5, 0.6) is 0 Å². The highest BCUT2D eigenvalue weighted by molar-refractivity contribution is 5.83. The van der Waals surface area contributed by atoms with Crippen molar-refractivity contribution < 1.29 is 4.74 Å². The largest absolute Gasteiger partial charge is 0.373 e. The van der Waals surface area contributed by atoms with Crippen LogP contribution in [0.2, 0.25) is 0 Å². The van der Waals surface area contributed by atoms with Gasteiger partial charge in [0.2, 0.25) is 0 Å². The van der Waals surface area contributed by atoms with Crippen LogP contribution in [-0.4, -0.2) is 30.6 Å². The second kappa shape index (κ2) is 10.4. The predicted molar refractivity (Wildman–Crippen MR) is 127 cm³/mol. The molecule has 0 amide bonds. The van der Waals surface area contributed by atoms with Gasteiger partial charge in [-0.2, -0.15) is 0 Å². The average molecular weight is 417 g/mol. The molecule has 31 heavy (non-hydrogen) atoms. The Hall–Kier alpha value is -2.92. The Labute approximate surface area is 185 Å². The summed E-state index contributed by atoms with van der Waals surface area (Å²) in [6.07, 6.45) is 4.25. The Morgan fingerprint density at radius 2 is 1.94 bits per heavy atom. The third-order valence-electron chi connectivity index (χ3n) is 5.87. The third-order valence-corrected chi connectivity index (χ3v) is 5.87. The molecular weight excluding hydrogens is 384 g/mol. The van der Waals surface area contributed by atoms with E-state index in [9.17, 15) is 0 Å².